The highest BCUT2D eigenvalue weighted by Gasteiger charge is 2.17. The summed E-state index contributed by atoms with van der Waals surface area (Å²) < 4.78 is 0. The number of aliphatic carboxylic acids is 1. The minimum atomic E-state index is -1.02. The smallest absolute Gasteiger partial charge is 0.320 e. The lowest BCUT2D eigenvalue weighted by molar-refractivity contribution is -0.138. The molecule has 1 unspecified atom stereocenters. The molecule has 1 aromatic carbocycles. The Balaban J connectivity index is 2.18. The second kappa shape index (κ2) is 4.55. The van der Waals surface area contributed by atoms with Crippen molar-refractivity contribution in [3.8, 4) is 0 Å². The lowest BCUT2D eigenvalue weighted by Gasteiger charge is -2.18. The van der Waals surface area contributed by atoms with E-state index in [4.69, 9.17) is 10.8 Å². The number of amides is 1. The summed E-state index contributed by atoms with van der Waals surface area (Å²) in [5.41, 5.74) is 8.14. The Kier molecular flexibility index (Phi) is 3.10. The van der Waals surface area contributed by atoms with Crippen LogP contribution in [-0.4, -0.2) is 23.0 Å². The Bertz CT molecular complexity index is 471. The molecule has 90 valence electrons. The number of aryl methyl sites for hydroxylation is 1. The number of nitrogens with one attached hydrogen (secondary N) is 1. The molecular formula is C12H14N2O3. The van der Waals surface area contributed by atoms with Gasteiger partial charge in [0.05, 0.1) is 0 Å². The van der Waals surface area contributed by atoms with Crippen molar-refractivity contribution in [3.63, 3.8) is 0 Å². The first-order valence-electron chi connectivity index (χ1n) is 5.46. The van der Waals surface area contributed by atoms with Gasteiger partial charge in [-0.2, -0.15) is 0 Å². The third-order valence-corrected chi connectivity index (χ3v) is 2.84. The summed E-state index contributed by atoms with van der Waals surface area (Å²) in [6.07, 6.45) is 1.49. The second-order valence-corrected chi connectivity index (χ2v) is 4.19. The molecule has 0 saturated heterocycles. The number of rotatable bonds is 3. The lowest BCUT2D eigenvalue weighted by atomic mass is 9.98. The number of carboxylic acid groups (broad SMARTS) is 1. The van der Waals surface area contributed by atoms with Gasteiger partial charge in [-0.1, -0.05) is 12.1 Å². The zero-order valence-corrected chi connectivity index (χ0v) is 9.27. The number of benzene rings is 1. The second-order valence-electron chi connectivity index (χ2n) is 4.19. The van der Waals surface area contributed by atoms with Crippen LogP contribution >= 0.6 is 0 Å². The molecule has 1 amide bonds. The van der Waals surface area contributed by atoms with Crippen LogP contribution in [0.5, 0.6) is 0 Å². The number of carboxylic acids is 1. The van der Waals surface area contributed by atoms with Crippen LogP contribution in [0, 0.1) is 0 Å². The number of fused-ring (bicyclic) bond motifs is 1. The Morgan fingerprint density at radius 2 is 2.24 bits per heavy atom. The van der Waals surface area contributed by atoms with Crippen molar-refractivity contribution in [1.82, 2.24) is 0 Å². The topological polar surface area (TPSA) is 92.4 Å². The van der Waals surface area contributed by atoms with Crippen molar-refractivity contribution in [1.29, 1.82) is 0 Å². The van der Waals surface area contributed by atoms with Crippen LogP contribution in [0.2, 0.25) is 0 Å². The van der Waals surface area contributed by atoms with Crippen LogP contribution < -0.4 is 11.1 Å². The average molecular weight is 234 g/mol. The summed E-state index contributed by atoms with van der Waals surface area (Å²) in [5.74, 6) is -1.02. The Morgan fingerprint density at radius 3 is 2.94 bits per heavy atom. The minimum absolute atomic E-state index is 0.00261. The number of anilines is 1. The normalized spacial score (nSPS) is 15.9. The van der Waals surface area contributed by atoms with E-state index in [0.717, 1.165) is 23.2 Å². The van der Waals surface area contributed by atoms with Crippen LogP contribution in [0.1, 0.15) is 17.5 Å². The molecule has 17 heavy (non-hydrogen) atoms. The van der Waals surface area contributed by atoms with Crippen LogP contribution in [0.4, 0.5) is 5.69 Å². The van der Waals surface area contributed by atoms with Crippen molar-refractivity contribution in [2.45, 2.75) is 25.3 Å². The van der Waals surface area contributed by atoms with Gasteiger partial charge in [0.2, 0.25) is 5.91 Å². The van der Waals surface area contributed by atoms with Gasteiger partial charge in [-0.3, -0.25) is 9.59 Å². The molecule has 0 bridgehead atoms. The third kappa shape index (κ3) is 2.62. The molecule has 1 heterocycles. The summed E-state index contributed by atoms with van der Waals surface area (Å²) in [6.45, 7) is 0. The van der Waals surface area contributed by atoms with Gasteiger partial charge in [-0.15, -0.1) is 0 Å². The fraction of sp³-hybridized carbons (Fsp3) is 0.333. The number of carbonyl (C=O) groups excluding carboxylic acids is 1. The van der Waals surface area contributed by atoms with Crippen molar-refractivity contribution in [3.05, 3.63) is 29.3 Å². The molecule has 0 fully saturated rings. The highest BCUT2D eigenvalue weighted by molar-refractivity contribution is 5.94. The molecule has 5 heteroatoms. The molecule has 2 rings (SSSR count). The van der Waals surface area contributed by atoms with E-state index in [0.29, 0.717) is 6.42 Å². The molecule has 4 N–H and O–H groups in total. The SMILES string of the molecule is NC(Cc1ccc2c(c1)NC(=O)CC2)C(=O)O. The van der Waals surface area contributed by atoms with Gasteiger partial charge in [-0.05, 0) is 30.0 Å². The molecule has 1 atom stereocenters. The third-order valence-electron chi connectivity index (χ3n) is 2.84. The van der Waals surface area contributed by atoms with Crippen LogP contribution in [0.15, 0.2) is 18.2 Å². The Morgan fingerprint density at radius 1 is 1.47 bits per heavy atom. The number of hydrogen-bond acceptors (Lipinski definition) is 3. The summed E-state index contributed by atoms with van der Waals surface area (Å²) >= 11 is 0. The zero-order valence-electron chi connectivity index (χ0n) is 9.27. The minimum Gasteiger partial charge on any atom is -0.480 e. The Labute approximate surface area is 98.6 Å². The molecule has 5 nitrogen and oxygen atoms in total. The first-order valence-corrected chi connectivity index (χ1v) is 5.46. The Hall–Kier alpha value is -1.88. The van der Waals surface area contributed by atoms with Crippen molar-refractivity contribution in [2.75, 3.05) is 5.32 Å². The van der Waals surface area contributed by atoms with Gasteiger partial charge < -0.3 is 16.2 Å². The maximum atomic E-state index is 11.2. The van der Waals surface area contributed by atoms with E-state index >= 15 is 0 Å². The van der Waals surface area contributed by atoms with E-state index in [1.807, 2.05) is 12.1 Å². The van der Waals surface area contributed by atoms with E-state index in [-0.39, 0.29) is 12.3 Å². The van der Waals surface area contributed by atoms with Gasteiger partial charge in [0.25, 0.3) is 0 Å². The van der Waals surface area contributed by atoms with Gasteiger partial charge in [0.1, 0.15) is 6.04 Å². The van der Waals surface area contributed by atoms with Gasteiger partial charge in [0.15, 0.2) is 0 Å². The molecule has 1 aromatic rings. The maximum Gasteiger partial charge on any atom is 0.320 e. The fourth-order valence-electron chi connectivity index (χ4n) is 1.89. The molecule has 0 aromatic heterocycles. The zero-order chi connectivity index (χ0) is 12.4. The molecule has 1 aliphatic rings. The average Bonchev–Trinajstić information content (AvgIpc) is 2.28. The molecule has 1 aliphatic heterocycles. The fourth-order valence-corrected chi connectivity index (χ4v) is 1.89. The van der Waals surface area contributed by atoms with Crippen LogP contribution in [0.3, 0.4) is 0 Å². The van der Waals surface area contributed by atoms with Gasteiger partial charge in [0, 0.05) is 12.1 Å². The van der Waals surface area contributed by atoms with Gasteiger partial charge in [-0.25, -0.2) is 0 Å². The summed E-state index contributed by atoms with van der Waals surface area (Å²) in [5, 5.41) is 11.5. The quantitative estimate of drug-likeness (QED) is 0.711. The monoisotopic (exact) mass is 234 g/mol. The molecule has 0 saturated carbocycles. The standard InChI is InChI=1S/C12H14N2O3/c13-9(12(16)17)5-7-1-2-8-3-4-11(15)14-10(8)6-7/h1-2,6,9H,3-5,13H2,(H,14,15)(H,16,17). The lowest BCUT2D eigenvalue weighted by Crippen LogP contribution is -2.32. The van der Waals surface area contributed by atoms with E-state index in [1.165, 1.54) is 0 Å². The first kappa shape index (κ1) is 11.6. The van der Waals surface area contributed by atoms with Crippen molar-refractivity contribution < 1.29 is 14.7 Å². The number of carbonyl (C=O) groups is 2. The summed E-state index contributed by atoms with van der Waals surface area (Å²) in [6, 6.07) is 4.67. The predicted molar refractivity (Wildman–Crippen MR) is 62.7 cm³/mol. The number of hydrogen-bond donors (Lipinski definition) is 3. The predicted octanol–water partition coefficient (Wildman–Crippen LogP) is 0.526. The first-order chi connectivity index (χ1) is 8.06. The molecule has 0 spiro atoms. The maximum absolute atomic E-state index is 11.2. The largest absolute Gasteiger partial charge is 0.480 e. The number of nitrogens with two attached hydrogens (primary N) is 1. The highest BCUT2D eigenvalue weighted by Crippen LogP contribution is 2.24. The van der Waals surface area contributed by atoms with Crippen molar-refractivity contribution >= 4 is 17.6 Å². The highest BCUT2D eigenvalue weighted by atomic mass is 16.4. The van der Waals surface area contributed by atoms with Crippen LogP contribution in [0.25, 0.3) is 0 Å². The van der Waals surface area contributed by atoms with E-state index in [1.54, 1.807) is 6.07 Å². The molecule has 0 radical (unpaired) electrons. The van der Waals surface area contributed by atoms with E-state index in [2.05, 4.69) is 5.32 Å². The van der Waals surface area contributed by atoms with E-state index < -0.39 is 12.0 Å². The van der Waals surface area contributed by atoms with Gasteiger partial charge >= 0.3 is 5.97 Å². The molecular weight excluding hydrogens is 220 g/mol. The summed E-state index contributed by atoms with van der Waals surface area (Å²) in [4.78, 5) is 21.9. The van der Waals surface area contributed by atoms with E-state index in [9.17, 15) is 9.59 Å². The molecule has 0 aliphatic carbocycles. The van der Waals surface area contributed by atoms with Crippen molar-refractivity contribution in [2.24, 2.45) is 5.73 Å². The van der Waals surface area contributed by atoms with Crippen LogP contribution in [-0.2, 0) is 22.4 Å². The summed E-state index contributed by atoms with van der Waals surface area (Å²) in [7, 11) is 0.